The van der Waals surface area contributed by atoms with Crippen LogP contribution in [0.3, 0.4) is 0 Å². The molecular formula is C12H13N3O3. The van der Waals surface area contributed by atoms with Crippen molar-refractivity contribution in [1.82, 2.24) is 15.5 Å². The number of nitrogens with one attached hydrogen (secondary N) is 1. The molecule has 2 rings (SSSR count). The Hall–Kier alpha value is -2.21. The highest BCUT2D eigenvalue weighted by atomic mass is 16.4. The largest absolute Gasteiger partial charge is 0.480 e. The van der Waals surface area contributed by atoms with Crippen molar-refractivity contribution < 1.29 is 14.3 Å². The topological polar surface area (TPSA) is 88.2 Å². The van der Waals surface area contributed by atoms with Gasteiger partial charge in [-0.25, -0.2) is 0 Å². The van der Waals surface area contributed by atoms with Gasteiger partial charge in [0, 0.05) is 5.56 Å². The van der Waals surface area contributed by atoms with Gasteiger partial charge in [0.2, 0.25) is 11.8 Å². The van der Waals surface area contributed by atoms with Crippen LogP contribution in [0.2, 0.25) is 0 Å². The Balaban J connectivity index is 2.04. The second kappa shape index (κ2) is 5.42. The van der Waals surface area contributed by atoms with Crippen LogP contribution in [0.25, 0.3) is 11.5 Å². The van der Waals surface area contributed by atoms with Crippen LogP contribution in [0.1, 0.15) is 11.5 Å². The number of carboxylic acid groups (broad SMARTS) is 1. The van der Waals surface area contributed by atoms with Gasteiger partial charge in [-0.15, -0.1) is 10.2 Å². The minimum absolute atomic E-state index is 0.137. The quantitative estimate of drug-likeness (QED) is 0.825. The molecule has 0 spiro atoms. The summed E-state index contributed by atoms with van der Waals surface area (Å²) in [5, 5.41) is 18.9. The monoisotopic (exact) mass is 247 g/mol. The number of aliphatic carboxylic acids is 1. The fraction of sp³-hybridized carbons (Fsp3) is 0.250. The van der Waals surface area contributed by atoms with E-state index in [0.29, 0.717) is 11.8 Å². The standard InChI is InChI=1S/C12H13N3O3/c1-8-3-2-4-9(5-8)12-15-14-10(18-12)6-13-7-11(16)17/h2-5,13H,6-7H2,1H3,(H,16,17). The molecule has 2 aromatic rings. The summed E-state index contributed by atoms with van der Waals surface area (Å²) in [7, 11) is 0. The van der Waals surface area contributed by atoms with Gasteiger partial charge in [-0.05, 0) is 19.1 Å². The molecule has 0 aliphatic rings. The van der Waals surface area contributed by atoms with Crippen molar-refractivity contribution in [2.75, 3.05) is 6.54 Å². The molecule has 0 saturated heterocycles. The zero-order valence-electron chi connectivity index (χ0n) is 9.88. The van der Waals surface area contributed by atoms with Crippen molar-refractivity contribution >= 4 is 5.97 Å². The third kappa shape index (κ3) is 3.14. The van der Waals surface area contributed by atoms with Crippen molar-refractivity contribution in [1.29, 1.82) is 0 Å². The number of aromatic nitrogens is 2. The Labute approximate surface area is 104 Å². The number of hydrogen-bond acceptors (Lipinski definition) is 5. The van der Waals surface area contributed by atoms with Crippen molar-refractivity contribution in [3.63, 3.8) is 0 Å². The normalized spacial score (nSPS) is 10.5. The first-order valence-corrected chi connectivity index (χ1v) is 5.47. The van der Waals surface area contributed by atoms with E-state index >= 15 is 0 Å². The molecule has 0 fully saturated rings. The van der Waals surface area contributed by atoms with Crippen LogP contribution < -0.4 is 5.32 Å². The van der Waals surface area contributed by atoms with E-state index in [1.807, 2.05) is 31.2 Å². The summed E-state index contributed by atoms with van der Waals surface area (Å²) in [4.78, 5) is 10.3. The SMILES string of the molecule is Cc1cccc(-c2nnc(CNCC(=O)O)o2)c1. The molecule has 6 heteroatoms. The third-order valence-electron chi connectivity index (χ3n) is 2.28. The molecule has 0 radical (unpaired) electrons. The molecule has 1 heterocycles. The van der Waals surface area contributed by atoms with Crippen LogP contribution in [0, 0.1) is 6.92 Å². The summed E-state index contributed by atoms with van der Waals surface area (Å²) in [6.07, 6.45) is 0. The van der Waals surface area contributed by atoms with Crippen molar-refractivity contribution in [3.8, 4) is 11.5 Å². The van der Waals surface area contributed by atoms with Crippen LogP contribution in [-0.4, -0.2) is 27.8 Å². The zero-order chi connectivity index (χ0) is 13.0. The highest BCUT2D eigenvalue weighted by molar-refractivity contribution is 5.68. The number of nitrogens with zero attached hydrogens (tertiary/aromatic N) is 2. The van der Waals surface area contributed by atoms with Gasteiger partial charge < -0.3 is 9.52 Å². The van der Waals surface area contributed by atoms with E-state index in [9.17, 15) is 4.79 Å². The maximum absolute atomic E-state index is 10.3. The van der Waals surface area contributed by atoms with Gasteiger partial charge in [0.25, 0.3) is 0 Å². The Kier molecular flexibility index (Phi) is 3.69. The van der Waals surface area contributed by atoms with Gasteiger partial charge in [-0.3, -0.25) is 10.1 Å². The predicted molar refractivity (Wildman–Crippen MR) is 63.8 cm³/mol. The number of carboxylic acids is 1. The third-order valence-corrected chi connectivity index (χ3v) is 2.28. The van der Waals surface area contributed by atoms with E-state index in [-0.39, 0.29) is 13.1 Å². The van der Waals surface area contributed by atoms with Gasteiger partial charge in [-0.1, -0.05) is 17.7 Å². The first-order valence-electron chi connectivity index (χ1n) is 5.47. The molecule has 0 aliphatic heterocycles. The van der Waals surface area contributed by atoms with E-state index in [2.05, 4.69) is 15.5 Å². The molecule has 6 nitrogen and oxygen atoms in total. The van der Waals surface area contributed by atoms with Gasteiger partial charge in [0.05, 0.1) is 13.1 Å². The maximum atomic E-state index is 10.3. The Morgan fingerprint density at radius 3 is 3.00 bits per heavy atom. The zero-order valence-corrected chi connectivity index (χ0v) is 9.88. The van der Waals surface area contributed by atoms with E-state index < -0.39 is 5.97 Å². The molecular weight excluding hydrogens is 234 g/mol. The van der Waals surface area contributed by atoms with Gasteiger partial charge in [0.15, 0.2) is 0 Å². The van der Waals surface area contributed by atoms with E-state index in [1.54, 1.807) is 0 Å². The molecule has 0 atom stereocenters. The molecule has 1 aromatic carbocycles. The predicted octanol–water partition coefficient (Wildman–Crippen LogP) is 1.22. The van der Waals surface area contributed by atoms with Crippen LogP contribution in [0.5, 0.6) is 0 Å². The molecule has 1 aromatic heterocycles. The fourth-order valence-electron chi connectivity index (χ4n) is 1.50. The molecule has 0 unspecified atom stereocenters. The Morgan fingerprint density at radius 1 is 1.44 bits per heavy atom. The summed E-state index contributed by atoms with van der Waals surface area (Å²) in [5.41, 5.74) is 1.96. The van der Waals surface area contributed by atoms with Crippen molar-refractivity contribution in [2.45, 2.75) is 13.5 Å². The second-order valence-electron chi connectivity index (χ2n) is 3.87. The maximum Gasteiger partial charge on any atom is 0.317 e. The molecule has 94 valence electrons. The average molecular weight is 247 g/mol. The lowest BCUT2D eigenvalue weighted by Gasteiger charge is -1.97. The lowest BCUT2D eigenvalue weighted by molar-refractivity contribution is -0.136. The average Bonchev–Trinajstić information content (AvgIpc) is 2.77. The summed E-state index contributed by atoms with van der Waals surface area (Å²) in [5.74, 6) is -0.119. The smallest absolute Gasteiger partial charge is 0.317 e. The number of rotatable bonds is 5. The molecule has 2 N–H and O–H groups in total. The molecule has 0 saturated carbocycles. The van der Waals surface area contributed by atoms with E-state index in [4.69, 9.17) is 9.52 Å². The van der Waals surface area contributed by atoms with Crippen molar-refractivity contribution in [2.24, 2.45) is 0 Å². The van der Waals surface area contributed by atoms with E-state index in [1.165, 1.54) is 0 Å². The Bertz CT molecular complexity index is 551. The number of benzene rings is 1. The minimum atomic E-state index is -0.923. The number of hydrogen-bond donors (Lipinski definition) is 2. The van der Waals surface area contributed by atoms with E-state index in [0.717, 1.165) is 11.1 Å². The summed E-state index contributed by atoms with van der Waals surface area (Å²) in [6, 6.07) is 7.73. The molecule has 0 bridgehead atoms. The molecule has 0 aliphatic carbocycles. The van der Waals surface area contributed by atoms with Gasteiger partial charge >= 0.3 is 5.97 Å². The first-order chi connectivity index (χ1) is 8.65. The van der Waals surface area contributed by atoms with Crippen molar-refractivity contribution in [3.05, 3.63) is 35.7 Å². The van der Waals surface area contributed by atoms with Gasteiger partial charge in [0.1, 0.15) is 0 Å². The fourth-order valence-corrected chi connectivity index (χ4v) is 1.50. The summed E-state index contributed by atoms with van der Waals surface area (Å²) >= 11 is 0. The van der Waals surface area contributed by atoms with Crippen LogP contribution in [0.15, 0.2) is 28.7 Å². The molecule has 0 amide bonds. The van der Waals surface area contributed by atoms with Gasteiger partial charge in [-0.2, -0.15) is 0 Å². The summed E-state index contributed by atoms with van der Waals surface area (Å²) in [6.45, 7) is 2.09. The lowest BCUT2D eigenvalue weighted by atomic mass is 10.1. The highest BCUT2D eigenvalue weighted by Crippen LogP contribution is 2.18. The summed E-state index contributed by atoms with van der Waals surface area (Å²) < 4.78 is 5.43. The lowest BCUT2D eigenvalue weighted by Crippen LogP contribution is -2.21. The van der Waals surface area contributed by atoms with Crippen LogP contribution in [-0.2, 0) is 11.3 Å². The van der Waals surface area contributed by atoms with Crippen LogP contribution in [0.4, 0.5) is 0 Å². The number of aryl methyl sites for hydroxylation is 1. The minimum Gasteiger partial charge on any atom is -0.480 e. The van der Waals surface area contributed by atoms with Crippen LogP contribution >= 0.6 is 0 Å². The second-order valence-corrected chi connectivity index (χ2v) is 3.87. The molecule has 18 heavy (non-hydrogen) atoms. The first kappa shape index (κ1) is 12.3. The Morgan fingerprint density at radius 2 is 2.28 bits per heavy atom. The number of carbonyl (C=O) groups is 1. The highest BCUT2D eigenvalue weighted by Gasteiger charge is 2.08.